The highest BCUT2D eigenvalue weighted by Gasteiger charge is 2.32. The molecule has 0 aliphatic heterocycles. The zero-order chi connectivity index (χ0) is 24.4. The number of aromatic nitrogens is 1. The Bertz CT molecular complexity index is 1440. The lowest BCUT2D eigenvalue weighted by Crippen LogP contribution is -2.16. The van der Waals surface area contributed by atoms with E-state index in [2.05, 4.69) is 29.2 Å². The second kappa shape index (κ2) is 9.69. The number of rotatable bonds is 7. The van der Waals surface area contributed by atoms with Gasteiger partial charge in [0.15, 0.2) is 0 Å². The molecule has 2 N–H and O–H groups in total. The molecule has 5 rings (SSSR count). The van der Waals surface area contributed by atoms with Gasteiger partial charge in [0.05, 0.1) is 12.7 Å². The number of hydrogen-bond acceptors (Lipinski definition) is 2. The average Bonchev–Trinajstić information content (AvgIpc) is 3.30. The van der Waals surface area contributed by atoms with Gasteiger partial charge < -0.3 is 14.8 Å². The van der Waals surface area contributed by atoms with Gasteiger partial charge in [-0.2, -0.15) is 0 Å². The van der Waals surface area contributed by atoms with E-state index in [1.54, 1.807) is 19.2 Å². The molecular weight excluding hydrogens is 458 g/mol. The Labute approximate surface area is 208 Å². The number of H-pyrrole nitrogens is 1. The summed E-state index contributed by atoms with van der Waals surface area (Å²) in [6.45, 7) is 0. The number of aromatic amines is 1. The van der Waals surface area contributed by atoms with Gasteiger partial charge in [-0.25, -0.2) is 4.79 Å². The second-order valence-corrected chi connectivity index (χ2v) is 8.91. The van der Waals surface area contributed by atoms with Crippen LogP contribution in [0, 0.1) is 0 Å². The van der Waals surface area contributed by atoms with Crippen molar-refractivity contribution in [1.82, 2.24) is 4.98 Å². The van der Waals surface area contributed by atoms with Gasteiger partial charge in [0.1, 0.15) is 5.75 Å². The SMILES string of the molecule is COc1cc(C(=O)O)ccc1C(c1c[nH]c2cc(Cl)ccc12)C(c1ccccc1)c1ccccc1. The number of carboxylic acids is 1. The van der Waals surface area contributed by atoms with Crippen molar-refractivity contribution in [2.45, 2.75) is 11.8 Å². The van der Waals surface area contributed by atoms with Crippen molar-refractivity contribution >= 4 is 28.5 Å². The lowest BCUT2D eigenvalue weighted by atomic mass is 9.73. The molecule has 1 unspecified atom stereocenters. The predicted octanol–water partition coefficient (Wildman–Crippen LogP) is 7.49. The van der Waals surface area contributed by atoms with Crippen LogP contribution in [0.5, 0.6) is 5.75 Å². The van der Waals surface area contributed by atoms with Gasteiger partial charge in [-0.3, -0.25) is 0 Å². The maximum Gasteiger partial charge on any atom is 0.335 e. The summed E-state index contributed by atoms with van der Waals surface area (Å²) in [5, 5.41) is 11.3. The quantitative estimate of drug-likeness (QED) is 0.253. The third-order valence-corrected chi connectivity index (χ3v) is 6.71. The molecule has 5 heteroatoms. The van der Waals surface area contributed by atoms with Gasteiger partial charge in [0.2, 0.25) is 0 Å². The fourth-order valence-corrected chi connectivity index (χ4v) is 5.08. The molecule has 0 aliphatic rings. The number of benzene rings is 4. The minimum atomic E-state index is -0.990. The van der Waals surface area contributed by atoms with Crippen molar-refractivity contribution in [1.29, 1.82) is 0 Å². The van der Waals surface area contributed by atoms with Crippen LogP contribution in [0.25, 0.3) is 10.9 Å². The zero-order valence-corrected chi connectivity index (χ0v) is 19.9. The fraction of sp³-hybridized carbons (Fsp3) is 0.100. The molecule has 1 aromatic heterocycles. The summed E-state index contributed by atoms with van der Waals surface area (Å²) in [7, 11) is 1.58. The molecule has 1 atom stereocenters. The molecule has 0 aliphatic carbocycles. The van der Waals surface area contributed by atoms with Crippen molar-refractivity contribution in [3.63, 3.8) is 0 Å². The summed E-state index contributed by atoms with van der Waals surface area (Å²) in [6, 6.07) is 31.7. The van der Waals surface area contributed by atoms with Crippen molar-refractivity contribution in [2.24, 2.45) is 0 Å². The van der Waals surface area contributed by atoms with E-state index < -0.39 is 5.97 Å². The highest BCUT2D eigenvalue weighted by atomic mass is 35.5. The summed E-state index contributed by atoms with van der Waals surface area (Å²) in [6.07, 6.45) is 2.02. The minimum absolute atomic E-state index is 0.0587. The second-order valence-electron chi connectivity index (χ2n) is 8.47. The van der Waals surface area contributed by atoms with Gasteiger partial charge in [0.25, 0.3) is 0 Å². The Hall–Kier alpha value is -4.02. The normalized spacial score (nSPS) is 12.1. The van der Waals surface area contributed by atoms with Crippen molar-refractivity contribution < 1.29 is 14.6 Å². The third-order valence-electron chi connectivity index (χ3n) is 6.48. The zero-order valence-electron chi connectivity index (χ0n) is 19.1. The molecule has 35 heavy (non-hydrogen) atoms. The highest BCUT2D eigenvalue weighted by Crippen LogP contribution is 2.47. The monoisotopic (exact) mass is 481 g/mol. The molecule has 4 nitrogen and oxygen atoms in total. The predicted molar refractivity (Wildman–Crippen MR) is 140 cm³/mol. The number of hydrogen-bond donors (Lipinski definition) is 2. The average molecular weight is 482 g/mol. The molecule has 0 amide bonds. The Morgan fingerprint density at radius 1 is 0.829 bits per heavy atom. The van der Waals surface area contributed by atoms with Gasteiger partial charge in [-0.15, -0.1) is 0 Å². The standard InChI is InChI=1S/C30H24ClNO3/c1-35-27-16-21(30(33)34)12-14-24(27)29(25-18-32-26-17-22(31)13-15-23(25)26)28(19-8-4-2-5-9-19)20-10-6-3-7-11-20/h2-18,28-29,32H,1H3,(H,33,34). The van der Waals surface area contributed by atoms with Crippen LogP contribution in [0.1, 0.15) is 44.4 Å². The summed E-state index contributed by atoms with van der Waals surface area (Å²) in [5.41, 5.74) is 5.42. The van der Waals surface area contributed by atoms with E-state index >= 15 is 0 Å². The van der Waals surface area contributed by atoms with Crippen LogP contribution in [-0.4, -0.2) is 23.2 Å². The lowest BCUT2D eigenvalue weighted by Gasteiger charge is -2.30. The first-order valence-electron chi connectivity index (χ1n) is 11.3. The number of carboxylic acid groups (broad SMARTS) is 1. The van der Waals surface area contributed by atoms with E-state index in [1.807, 2.05) is 66.9 Å². The largest absolute Gasteiger partial charge is 0.496 e. The topological polar surface area (TPSA) is 62.3 Å². The minimum Gasteiger partial charge on any atom is -0.496 e. The number of methoxy groups -OCH3 is 1. The molecule has 0 spiro atoms. The number of halogens is 1. The Balaban J connectivity index is 1.82. The van der Waals surface area contributed by atoms with Crippen LogP contribution in [0.4, 0.5) is 0 Å². The third kappa shape index (κ3) is 4.41. The van der Waals surface area contributed by atoms with E-state index in [0.717, 1.165) is 33.2 Å². The van der Waals surface area contributed by atoms with E-state index in [-0.39, 0.29) is 17.4 Å². The Morgan fingerprint density at radius 2 is 1.49 bits per heavy atom. The fourth-order valence-electron chi connectivity index (χ4n) is 4.90. The number of ether oxygens (including phenoxy) is 1. The molecule has 0 fully saturated rings. The maximum absolute atomic E-state index is 11.7. The molecule has 0 saturated carbocycles. The highest BCUT2D eigenvalue weighted by molar-refractivity contribution is 6.31. The number of carbonyl (C=O) groups is 1. The summed E-state index contributed by atoms with van der Waals surface area (Å²) < 4.78 is 5.77. The number of aromatic carboxylic acids is 1. The van der Waals surface area contributed by atoms with Crippen LogP contribution in [0.3, 0.4) is 0 Å². The Morgan fingerprint density at radius 3 is 2.09 bits per heavy atom. The molecule has 4 aromatic carbocycles. The van der Waals surface area contributed by atoms with Crippen molar-refractivity contribution in [3.8, 4) is 5.75 Å². The summed E-state index contributed by atoms with van der Waals surface area (Å²) in [4.78, 5) is 15.1. The molecule has 5 aromatic rings. The molecule has 0 bridgehead atoms. The molecule has 174 valence electrons. The number of fused-ring (bicyclic) bond motifs is 1. The first-order chi connectivity index (χ1) is 17.1. The van der Waals surface area contributed by atoms with Crippen LogP contribution in [0.2, 0.25) is 5.02 Å². The first kappa shape index (κ1) is 22.8. The number of nitrogens with one attached hydrogen (secondary N) is 1. The van der Waals surface area contributed by atoms with E-state index in [4.69, 9.17) is 16.3 Å². The van der Waals surface area contributed by atoms with E-state index in [1.165, 1.54) is 0 Å². The molecular formula is C30H24ClNO3. The first-order valence-corrected chi connectivity index (χ1v) is 11.7. The van der Waals surface area contributed by atoms with Gasteiger partial charge in [-0.05, 0) is 41.0 Å². The summed E-state index contributed by atoms with van der Waals surface area (Å²) >= 11 is 6.28. The molecule has 0 radical (unpaired) electrons. The summed E-state index contributed by atoms with van der Waals surface area (Å²) in [5.74, 6) is -0.685. The smallest absolute Gasteiger partial charge is 0.335 e. The molecule has 1 heterocycles. The van der Waals surface area contributed by atoms with Crippen LogP contribution < -0.4 is 4.74 Å². The Kier molecular flexibility index (Phi) is 6.30. The van der Waals surface area contributed by atoms with Crippen LogP contribution in [-0.2, 0) is 0 Å². The van der Waals surface area contributed by atoms with Crippen molar-refractivity contribution in [3.05, 3.63) is 136 Å². The van der Waals surface area contributed by atoms with Gasteiger partial charge in [-0.1, -0.05) is 84.4 Å². The maximum atomic E-state index is 11.7. The van der Waals surface area contributed by atoms with E-state index in [0.29, 0.717) is 10.8 Å². The van der Waals surface area contributed by atoms with E-state index in [9.17, 15) is 9.90 Å². The van der Waals surface area contributed by atoms with Crippen molar-refractivity contribution in [2.75, 3.05) is 7.11 Å². The van der Waals surface area contributed by atoms with Crippen LogP contribution >= 0.6 is 11.6 Å². The molecule has 0 saturated heterocycles. The van der Waals surface area contributed by atoms with Gasteiger partial charge in [0, 0.05) is 39.5 Å². The van der Waals surface area contributed by atoms with Gasteiger partial charge >= 0.3 is 5.97 Å². The van der Waals surface area contributed by atoms with Crippen LogP contribution in [0.15, 0.2) is 103 Å². The lowest BCUT2D eigenvalue weighted by molar-refractivity contribution is 0.0696.